The summed E-state index contributed by atoms with van der Waals surface area (Å²) in [5.74, 6) is -0.127. The molecule has 0 amide bonds. The first-order valence-electron chi connectivity index (χ1n) is 9.02. The van der Waals surface area contributed by atoms with Gasteiger partial charge in [0.15, 0.2) is 0 Å². The molecule has 0 bridgehead atoms. The Morgan fingerprint density at radius 1 is 1.13 bits per heavy atom. The molecular formula is C19H20ClN3O7. The molecule has 160 valence electrons. The van der Waals surface area contributed by atoms with Crippen molar-refractivity contribution in [2.24, 2.45) is 0 Å². The molecule has 1 unspecified atom stereocenters. The lowest BCUT2D eigenvalue weighted by Gasteiger charge is -2.30. The average molecular weight is 438 g/mol. The molecule has 30 heavy (non-hydrogen) atoms. The third kappa shape index (κ3) is 4.48. The number of allylic oxidation sites excluding steroid dienone is 2. The molecule has 2 aromatic rings. The predicted molar refractivity (Wildman–Crippen MR) is 104 cm³/mol. The van der Waals surface area contributed by atoms with Gasteiger partial charge in [0.1, 0.15) is 28.5 Å². The van der Waals surface area contributed by atoms with Gasteiger partial charge in [-0.1, -0.05) is 12.1 Å². The van der Waals surface area contributed by atoms with Crippen LogP contribution < -0.4 is 5.32 Å². The molecule has 1 atom stereocenters. The van der Waals surface area contributed by atoms with Gasteiger partial charge < -0.3 is 24.3 Å². The van der Waals surface area contributed by atoms with E-state index in [1.807, 2.05) is 0 Å². The van der Waals surface area contributed by atoms with Crippen molar-refractivity contribution >= 4 is 34.9 Å². The molecule has 2 heterocycles. The van der Waals surface area contributed by atoms with Crippen molar-refractivity contribution in [2.75, 3.05) is 19.6 Å². The maximum atomic E-state index is 12.2. The Kier molecular flexibility index (Phi) is 6.78. The summed E-state index contributed by atoms with van der Waals surface area (Å²) in [6.07, 6.45) is -1.36. The highest BCUT2D eigenvalue weighted by Crippen LogP contribution is 2.41. The monoisotopic (exact) mass is 437 g/mol. The van der Waals surface area contributed by atoms with Crippen molar-refractivity contribution in [3.63, 3.8) is 0 Å². The number of aromatic nitrogens is 2. The van der Waals surface area contributed by atoms with Gasteiger partial charge in [0.2, 0.25) is 0 Å². The van der Waals surface area contributed by atoms with Crippen LogP contribution in [0.15, 0.2) is 45.7 Å². The molecule has 1 N–H and O–H groups in total. The van der Waals surface area contributed by atoms with E-state index in [-0.39, 0.29) is 18.1 Å². The third-order valence-corrected chi connectivity index (χ3v) is 4.59. The van der Waals surface area contributed by atoms with Crippen molar-refractivity contribution in [3.05, 3.63) is 46.7 Å². The van der Waals surface area contributed by atoms with Crippen LogP contribution in [-0.4, -0.2) is 42.2 Å². The summed E-state index contributed by atoms with van der Waals surface area (Å²) >= 11 is 5.61. The first-order valence-corrected chi connectivity index (χ1v) is 9.55. The summed E-state index contributed by atoms with van der Waals surface area (Å²) in [4.78, 5) is 24.1. The Labute approximate surface area is 176 Å². The number of nitrogens with zero attached hydrogens (tertiary/aromatic N) is 2. The summed E-state index contributed by atoms with van der Waals surface area (Å²) in [6, 6.07) is 5.19. The average Bonchev–Trinajstić information content (AvgIpc) is 3.21. The number of ether oxygens (including phenoxy) is 4. The van der Waals surface area contributed by atoms with E-state index in [4.69, 9.17) is 30.4 Å². The highest BCUT2D eigenvalue weighted by molar-refractivity contribution is 6.17. The number of hydrogen-bond acceptors (Lipinski definition) is 10. The second-order valence-electron chi connectivity index (χ2n) is 6.31. The second kappa shape index (κ2) is 9.49. The molecule has 1 aliphatic rings. The SMILES string of the molecule is COC(=O)OC1=C(C)NC(C)=C(OC(=O)OCCCCl)C1c1cccc2nonc12. The van der Waals surface area contributed by atoms with E-state index in [1.54, 1.807) is 32.0 Å². The topological polar surface area (TPSA) is 122 Å². The number of dihydropyridines is 1. The zero-order valence-corrected chi connectivity index (χ0v) is 17.3. The Balaban J connectivity index is 2.04. The van der Waals surface area contributed by atoms with Gasteiger partial charge in [-0.2, -0.15) is 0 Å². The van der Waals surface area contributed by atoms with Gasteiger partial charge >= 0.3 is 12.3 Å². The lowest BCUT2D eigenvalue weighted by molar-refractivity contribution is 0.0667. The number of rotatable bonds is 6. The fourth-order valence-corrected chi connectivity index (χ4v) is 3.14. The zero-order valence-electron chi connectivity index (χ0n) is 16.6. The van der Waals surface area contributed by atoms with Gasteiger partial charge in [0.05, 0.1) is 25.1 Å². The number of carbonyl (C=O) groups excluding carboxylic acids is 2. The minimum atomic E-state index is -0.926. The molecular weight excluding hydrogens is 418 g/mol. The quantitative estimate of drug-likeness (QED) is 0.403. The number of alkyl halides is 1. The Hall–Kier alpha value is -3.27. The lowest BCUT2D eigenvalue weighted by atomic mass is 9.89. The highest BCUT2D eigenvalue weighted by Gasteiger charge is 2.37. The van der Waals surface area contributed by atoms with Gasteiger partial charge in [-0.15, -0.1) is 11.6 Å². The molecule has 1 aromatic heterocycles. The van der Waals surface area contributed by atoms with E-state index in [9.17, 15) is 9.59 Å². The fraction of sp³-hybridized carbons (Fsp3) is 0.368. The van der Waals surface area contributed by atoms with Crippen molar-refractivity contribution in [2.45, 2.75) is 26.2 Å². The molecule has 0 saturated carbocycles. The Morgan fingerprint density at radius 3 is 2.50 bits per heavy atom. The van der Waals surface area contributed by atoms with E-state index in [2.05, 4.69) is 20.4 Å². The van der Waals surface area contributed by atoms with E-state index >= 15 is 0 Å². The van der Waals surface area contributed by atoms with E-state index < -0.39 is 18.2 Å². The molecule has 1 aromatic carbocycles. The number of carbonyl (C=O) groups is 2. The minimum Gasteiger partial charge on any atom is -0.437 e. The van der Waals surface area contributed by atoms with Gasteiger partial charge in [-0.25, -0.2) is 14.2 Å². The first kappa shape index (κ1) is 21.4. The summed E-state index contributed by atoms with van der Waals surface area (Å²) in [5.41, 5.74) is 2.52. The molecule has 0 radical (unpaired) electrons. The lowest BCUT2D eigenvalue weighted by Crippen LogP contribution is -2.29. The standard InChI is InChI=1S/C19H20ClN3O7/c1-10-16(28-18(24)26-3)14(12-6-4-7-13-15(12)23-30-22-13)17(11(2)21-10)29-19(25)27-9-5-8-20/h4,6-7,14,21H,5,8-9H2,1-3H3. The van der Waals surface area contributed by atoms with Crippen LogP contribution in [0.4, 0.5) is 9.59 Å². The smallest absolute Gasteiger partial charge is 0.437 e. The van der Waals surface area contributed by atoms with Crippen LogP contribution in [0.1, 0.15) is 31.7 Å². The van der Waals surface area contributed by atoms with Crippen LogP contribution >= 0.6 is 11.6 Å². The molecule has 1 aliphatic heterocycles. The van der Waals surface area contributed by atoms with Crippen LogP contribution in [-0.2, 0) is 18.9 Å². The second-order valence-corrected chi connectivity index (χ2v) is 6.69. The maximum Gasteiger partial charge on any atom is 0.513 e. The Bertz CT molecular complexity index is 1010. The molecule has 0 aliphatic carbocycles. The number of halogens is 1. The van der Waals surface area contributed by atoms with Crippen molar-refractivity contribution < 1.29 is 33.2 Å². The summed E-state index contributed by atoms with van der Waals surface area (Å²) in [7, 11) is 1.19. The molecule has 0 fully saturated rings. The number of methoxy groups -OCH3 is 1. The maximum absolute atomic E-state index is 12.2. The minimum absolute atomic E-state index is 0.107. The van der Waals surface area contributed by atoms with E-state index in [1.165, 1.54) is 7.11 Å². The van der Waals surface area contributed by atoms with Crippen molar-refractivity contribution in [1.82, 2.24) is 15.6 Å². The number of benzene rings is 1. The van der Waals surface area contributed by atoms with E-state index in [0.29, 0.717) is 40.3 Å². The molecule has 0 spiro atoms. The predicted octanol–water partition coefficient (Wildman–Crippen LogP) is 3.94. The van der Waals surface area contributed by atoms with Crippen LogP contribution in [0.3, 0.4) is 0 Å². The first-order chi connectivity index (χ1) is 14.5. The highest BCUT2D eigenvalue weighted by atomic mass is 35.5. The van der Waals surface area contributed by atoms with Crippen LogP contribution in [0.5, 0.6) is 0 Å². The van der Waals surface area contributed by atoms with Crippen LogP contribution in [0.25, 0.3) is 11.0 Å². The zero-order chi connectivity index (χ0) is 21.7. The van der Waals surface area contributed by atoms with Gasteiger partial charge in [-0.05, 0) is 36.6 Å². The number of fused-ring (bicyclic) bond motifs is 1. The fourth-order valence-electron chi connectivity index (χ4n) is 3.03. The Morgan fingerprint density at radius 2 is 1.83 bits per heavy atom. The van der Waals surface area contributed by atoms with Gasteiger partial charge in [-0.3, -0.25) is 0 Å². The largest absolute Gasteiger partial charge is 0.513 e. The number of hydrogen-bond donors (Lipinski definition) is 1. The van der Waals surface area contributed by atoms with Gasteiger partial charge in [0, 0.05) is 11.4 Å². The number of nitrogens with one attached hydrogen (secondary N) is 1. The molecule has 3 rings (SSSR count). The van der Waals surface area contributed by atoms with Crippen molar-refractivity contribution in [3.8, 4) is 0 Å². The molecule has 10 nitrogen and oxygen atoms in total. The van der Waals surface area contributed by atoms with Crippen molar-refractivity contribution in [1.29, 1.82) is 0 Å². The van der Waals surface area contributed by atoms with E-state index in [0.717, 1.165) is 0 Å². The normalized spacial score (nSPS) is 16.3. The molecule has 11 heteroatoms. The van der Waals surface area contributed by atoms with Gasteiger partial charge in [0.25, 0.3) is 0 Å². The summed E-state index contributed by atoms with van der Waals surface area (Å²) in [5, 5.41) is 10.8. The summed E-state index contributed by atoms with van der Waals surface area (Å²) in [6.45, 7) is 3.54. The third-order valence-electron chi connectivity index (χ3n) is 4.32. The van der Waals surface area contributed by atoms with Crippen LogP contribution in [0.2, 0.25) is 0 Å². The van der Waals surface area contributed by atoms with Crippen LogP contribution in [0, 0.1) is 0 Å². The molecule has 0 saturated heterocycles. The summed E-state index contributed by atoms with van der Waals surface area (Å²) < 4.78 is 25.4.